The minimum absolute atomic E-state index is 0.274. The Labute approximate surface area is 144 Å². The number of hydrogen-bond acceptors (Lipinski definition) is 4. The van der Waals surface area contributed by atoms with Gasteiger partial charge in [-0.25, -0.2) is 0 Å². The summed E-state index contributed by atoms with van der Waals surface area (Å²) in [7, 11) is 1.51. The van der Waals surface area contributed by atoms with Crippen LogP contribution < -0.4 is 10.1 Å². The molecule has 0 aliphatic rings. The molecule has 122 valence electrons. The molecule has 0 fully saturated rings. The Balaban J connectivity index is 1.80. The third-order valence-corrected chi connectivity index (χ3v) is 3.73. The van der Waals surface area contributed by atoms with Crippen molar-refractivity contribution in [3.63, 3.8) is 0 Å². The van der Waals surface area contributed by atoms with Crippen LogP contribution in [-0.4, -0.2) is 18.0 Å². The van der Waals surface area contributed by atoms with Crippen molar-refractivity contribution in [2.45, 2.75) is 6.54 Å². The van der Waals surface area contributed by atoms with E-state index in [0.717, 1.165) is 5.56 Å². The van der Waals surface area contributed by atoms with Crippen LogP contribution in [0.1, 0.15) is 15.9 Å². The Hall–Kier alpha value is -2.79. The van der Waals surface area contributed by atoms with Gasteiger partial charge in [-0.1, -0.05) is 17.7 Å². The number of carbonyl (C=O) groups excluding carboxylic acids is 1. The normalized spacial score (nSPS) is 10.4. The molecule has 6 heteroatoms. The SMILES string of the molecule is COc1ccc(Cl)cc1C(=O)NCc1cccnc1-c1ccco1. The second-order valence-electron chi connectivity index (χ2n) is 5.02. The summed E-state index contributed by atoms with van der Waals surface area (Å²) >= 11 is 5.97. The molecular formula is C18H15ClN2O3. The lowest BCUT2D eigenvalue weighted by atomic mass is 10.1. The molecule has 0 radical (unpaired) electrons. The molecule has 2 aromatic heterocycles. The third-order valence-electron chi connectivity index (χ3n) is 3.49. The highest BCUT2D eigenvalue weighted by atomic mass is 35.5. The van der Waals surface area contributed by atoms with Gasteiger partial charge in [-0.15, -0.1) is 0 Å². The Kier molecular flexibility index (Phi) is 4.82. The summed E-state index contributed by atoms with van der Waals surface area (Å²) in [5, 5.41) is 3.33. The molecule has 0 aliphatic heterocycles. The summed E-state index contributed by atoms with van der Waals surface area (Å²) in [6, 6.07) is 12.2. The third kappa shape index (κ3) is 3.41. The molecule has 0 spiro atoms. The molecule has 0 atom stereocenters. The Morgan fingerprint density at radius 3 is 2.92 bits per heavy atom. The molecule has 0 unspecified atom stereocenters. The zero-order chi connectivity index (χ0) is 16.9. The van der Waals surface area contributed by atoms with Crippen LogP contribution in [0.3, 0.4) is 0 Å². The Bertz CT molecular complexity index is 847. The molecule has 24 heavy (non-hydrogen) atoms. The van der Waals surface area contributed by atoms with Gasteiger partial charge in [-0.05, 0) is 36.4 Å². The number of amides is 1. The molecule has 0 saturated carbocycles. The maximum Gasteiger partial charge on any atom is 0.255 e. The number of methoxy groups -OCH3 is 1. The largest absolute Gasteiger partial charge is 0.496 e. The monoisotopic (exact) mass is 342 g/mol. The van der Waals surface area contributed by atoms with Gasteiger partial charge in [0.2, 0.25) is 0 Å². The van der Waals surface area contributed by atoms with Gasteiger partial charge in [0.05, 0.1) is 18.9 Å². The second kappa shape index (κ2) is 7.19. The van der Waals surface area contributed by atoms with Crippen molar-refractivity contribution in [2.75, 3.05) is 7.11 Å². The van der Waals surface area contributed by atoms with Crippen molar-refractivity contribution in [2.24, 2.45) is 0 Å². The number of carbonyl (C=O) groups is 1. The smallest absolute Gasteiger partial charge is 0.255 e. The van der Waals surface area contributed by atoms with Crippen LogP contribution in [0, 0.1) is 0 Å². The first-order valence-corrected chi connectivity index (χ1v) is 7.66. The van der Waals surface area contributed by atoms with Gasteiger partial charge in [0.1, 0.15) is 11.4 Å². The summed E-state index contributed by atoms with van der Waals surface area (Å²) in [5.74, 6) is 0.845. The molecular weight excluding hydrogens is 328 g/mol. The number of benzene rings is 1. The fourth-order valence-electron chi connectivity index (χ4n) is 2.34. The number of nitrogens with zero attached hydrogens (tertiary/aromatic N) is 1. The van der Waals surface area contributed by atoms with E-state index >= 15 is 0 Å². The quantitative estimate of drug-likeness (QED) is 0.763. The van der Waals surface area contributed by atoms with Gasteiger partial charge in [0.15, 0.2) is 5.76 Å². The number of halogens is 1. The number of ether oxygens (including phenoxy) is 1. The van der Waals surface area contributed by atoms with Crippen LogP contribution >= 0.6 is 11.6 Å². The highest BCUT2D eigenvalue weighted by Gasteiger charge is 2.14. The molecule has 3 rings (SSSR count). The number of nitrogens with one attached hydrogen (secondary N) is 1. The van der Waals surface area contributed by atoms with Crippen molar-refractivity contribution in [1.82, 2.24) is 10.3 Å². The topological polar surface area (TPSA) is 64.4 Å². The molecule has 0 aliphatic carbocycles. The Morgan fingerprint density at radius 1 is 1.29 bits per heavy atom. The van der Waals surface area contributed by atoms with Gasteiger partial charge in [0, 0.05) is 23.3 Å². The van der Waals surface area contributed by atoms with Crippen LogP contribution in [0.25, 0.3) is 11.5 Å². The summed E-state index contributed by atoms with van der Waals surface area (Å²) < 4.78 is 10.6. The zero-order valence-corrected chi connectivity index (χ0v) is 13.7. The van der Waals surface area contributed by atoms with Gasteiger partial charge in [0.25, 0.3) is 5.91 Å². The molecule has 2 heterocycles. The first kappa shape index (κ1) is 16.1. The van der Waals surface area contributed by atoms with E-state index in [4.69, 9.17) is 20.8 Å². The van der Waals surface area contributed by atoms with Gasteiger partial charge in [-0.3, -0.25) is 9.78 Å². The van der Waals surface area contributed by atoms with E-state index in [0.29, 0.717) is 34.3 Å². The average molecular weight is 343 g/mol. The molecule has 3 aromatic rings. The van der Waals surface area contributed by atoms with Crippen molar-refractivity contribution in [1.29, 1.82) is 0 Å². The summed E-state index contributed by atoms with van der Waals surface area (Å²) in [5.41, 5.74) is 1.93. The molecule has 0 saturated heterocycles. The summed E-state index contributed by atoms with van der Waals surface area (Å²) in [6.07, 6.45) is 3.27. The van der Waals surface area contributed by atoms with E-state index in [-0.39, 0.29) is 5.91 Å². The van der Waals surface area contributed by atoms with E-state index in [1.54, 1.807) is 36.7 Å². The number of furan rings is 1. The fraction of sp³-hybridized carbons (Fsp3) is 0.111. The van der Waals surface area contributed by atoms with Crippen LogP contribution in [0.5, 0.6) is 5.75 Å². The number of aromatic nitrogens is 1. The first-order valence-electron chi connectivity index (χ1n) is 7.28. The highest BCUT2D eigenvalue weighted by molar-refractivity contribution is 6.31. The second-order valence-corrected chi connectivity index (χ2v) is 5.45. The molecule has 1 aromatic carbocycles. The van der Waals surface area contributed by atoms with Crippen molar-refractivity contribution in [3.05, 3.63) is 71.1 Å². The van der Waals surface area contributed by atoms with E-state index in [9.17, 15) is 4.79 Å². The predicted octanol–water partition coefficient (Wildman–Crippen LogP) is 3.93. The van der Waals surface area contributed by atoms with Crippen molar-refractivity contribution >= 4 is 17.5 Å². The minimum atomic E-state index is -0.274. The van der Waals surface area contributed by atoms with Gasteiger partial charge < -0.3 is 14.5 Å². The minimum Gasteiger partial charge on any atom is -0.496 e. The molecule has 1 amide bonds. The van der Waals surface area contributed by atoms with Gasteiger partial charge >= 0.3 is 0 Å². The highest BCUT2D eigenvalue weighted by Crippen LogP contribution is 2.24. The van der Waals surface area contributed by atoms with Crippen LogP contribution in [0.2, 0.25) is 5.02 Å². The lowest BCUT2D eigenvalue weighted by Gasteiger charge is -2.11. The van der Waals surface area contributed by atoms with Crippen LogP contribution in [-0.2, 0) is 6.54 Å². The Morgan fingerprint density at radius 2 is 2.17 bits per heavy atom. The average Bonchev–Trinajstić information content (AvgIpc) is 3.14. The number of hydrogen-bond donors (Lipinski definition) is 1. The van der Waals surface area contributed by atoms with E-state index in [1.807, 2.05) is 18.2 Å². The maximum absolute atomic E-state index is 12.5. The van der Waals surface area contributed by atoms with Crippen molar-refractivity contribution in [3.8, 4) is 17.2 Å². The van der Waals surface area contributed by atoms with Gasteiger partial charge in [-0.2, -0.15) is 0 Å². The summed E-state index contributed by atoms with van der Waals surface area (Å²) in [6.45, 7) is 0.304. The van der Waals surface area contributed by atoms with E-state index < -0.39 is 0 Å². The van der Waals surface area contributed by atoms with E-state index in [1.165, 1.54) is 7.11 Å². The lowest BCUT2D eigenvalue weighted by molar-refractivity contribution is 0.0948. The molecule has 5 nitrogen and oxygen atoms in total. The molecule has 0 bridgehead atoms. The summed E-state index contributed by atoms with van der Waals surface area (Å²) in [4.78, 5) is 16.8. The molecule has 1 N–H and O–H groups in total. The zero-order valence-electron chi connectivity index (χ0n) is 13.0. The number of rotatable bonds is 5. The van der Waals surface area contributed by atoms with E-state index in [2.05, 4.69) is 10.3 Å². The lowest BCUT2D eigenvalue weighted by Crippen LogP contribution is -2.23. The first-order chi connectivity index (χ1) is 11.7. The van der Waals surface area contributed by atoms with Crippen LogP contribution in [0.15, 0.2) is 59.3 Å². The fourth-order valence-corrected chi connectivity index (χ4v) is 2.52. The predicted molar refractivity (Wildman–Crippen MR) is 91.1 cm³/mol. The van der Waals surface area contributed by atoms with Crippen molar-refractivity contribution < 1.29 is 13.9 Å². The standard InChI is InChI=1S/C18H15ClN2O3/c1-23-15-7-6-13(19)10-14(15)18(22)21-11-12-4-2-8-20-17(12)16-5-3-9-24-16/h2-10H,11H2,1H3,(H,21,22). The van der Waals surface area contributed by atoms with Crippen LogP contribution in [0.4, 0.5) is 0 Å². The maximum atomic E-state index is 12.5. The number of pyridine rings is 1.